The van der Waals surface area contributed by atoms with Gasteiger partial charge in [0.1, 0.15) is 12.8 Å². The zero-order valence-electron chi connectivity index (χ0n) is 27.7. The summed E-state index contributed by atoms with van der Waals surface area (Å²) in [6, 6.07) is 9.61. The van der Waals surface area contributed by atoms with Crippen LogP contribution in [0.25, 0.3) is 11.3 Å². The summed E-state index contributed by atoms with van der Waals surface area (Å²) in [5.74, 6) is -0.688. The highest BCUT2D eigenvalue weighted by atomic mass is 32.2. The molecular weight excluding hydrogens is 676 g/mol. The zero-order valence-corrected chi connectivity index (χ0v) is 28.5. The second-order valence-corrected chi connectivity index (χ2v) is 14.2. The normalized spacial score (nSPS) is 18.7. The van der Waals surface area contributed by atoms with E-state index in [2.05, 4.69) is 9.88 Å². The number of aliphatic hydroxyl groups is 2. The SMILES string of the molecule is O=C(CSc1cc(-c2nn(CC(O)CN3CCC(c4ccccn4)CC3)c3c2CN(C(=O)CO)CC3)ccc1C(F)(F)F)N1CCC(F)CC1. The van der Waals surface area contributed by atoms with Crippen LogP contribution in [-0.4, -0.2) is 115 Å². The van der Waals surface area contributed by atoms with Gasteiger partial charge in [-0.1, -0.05) is 12.1 Å². The lowest BCUT2D eigenvalue weighted by Gasteiger charge is -2.33. The van der Waals surface area contributed by atoms with Gasteiger partial charge in [-0.3, -0.25) is 19.3 Å². The van der Waals surface area contributed by atoms with Crippen molar-refractivity contribution in [2.75, 3.05) is 51.6 Å². The number of pyridine rings is 1. The van der Waals surface area contributed by atoms with Gasteiger partial charge in [0, 0.05) is 78.7 Å². The van der Waals surface area contributed by atoms with Gasteiger partial charge in [0.2, 0.25) is 11.8 Å². The summed E-state index contributed by atoms with van der Waals surface area (Å²) in [6.07, 6.45) is -1.96. The van der Waals surface area contributed by atoms with E-state index in [1.54, 1.807) is 10.9 Å². The number of piperidine rings is 2. The van der Waals surface area contributed by atoms with Crippen LogP contribution in [0.15, 0.2) is 47.5 Å². The molecule has 5 heterocycles. The molecule has 1 unspecified atom stereocenters. The molecule has 0 aliphatic carbocycles. The Balaban J connectivity index is 1.21. The van der Waals surface area contributed by atoms with Crippen LogP contribution in [0.1, 0.15) is 54.1 Å². The first-order chi connectivity index (χ1) is 24.0. The van der Waals surface area contributed by atoms with Crippen LogP contribution in [0, 0.1) is 0 Å². The monoisotopic (exact) mass is 718 g/mol. The Morgan fingerprint density at radius 2 is 1.72 bits per heavy atom. The van der Waals surface area contributed by atoms with Crippen molar-refractivity contribution >= 4 is 23.6 Å². The lowest BCUT2D eigenvalue weighted by atomic mass is 9.93. The van der Waals surface area contributed by atoms with E-state index in [0.29, 0.717) is 42.2 Å². The quantitative estimate of drug-likeness (QED) is 0.238. The predicted octanol–water partition coefficient (Wildman–Crippen LogP) is 4.13. The fourth-order valence-electron chi connectivity index (χ4n) is 7.12. The molecule has 0 radical (unpaired) electrons. The molecule has 2 aromatic heterocycles. The number of carbonyl (C=O) groups excluding carboxylic acids is 2. The summed E-state index contributed by atoms with van der Waals surface area (Å²) in [7, 11) is 0. The number of fused-ring (bicyclic) bond motifs is 1. The highest BCUT2D eigenvalue weighted by molar-refractivity contribution is 8.00. The number of alkyl halides is 4. The van der Waals surface area contributed by atoms with Crippen LogP contribution in [0.3, 0.4) is 0 Å². The van der Waals surface area contributed by atoms with Crippen LogP contribution < -0.4 is 0 Å². The Hall–Kier alpha value is -3.53. The van der Waals surface area contributed by atoms with Gasteiger partial charge in [-0.15, -0.1) is 11.8 Å². The van der Waals surface area contributed by atoms with Gasteiger partial charge in [0.15, 0.2) is 0 Å². The molecule has 2 fully saturated rings. The second kappa shape index (κ2) is 15.8. The Kier molecular flexibility index (Phi) is 11.5. The van der Waals surface area contributed by atoms with Crippen molar-refractivity contribution in [2.24, 2.45) is 0 Å². The van der Waals surface area contributed by atoms with Gasteiger partial charge in [-0.2, -0.15) is 18.3 Å². The van der Waals surface area contributed by atoms with E-state index < -0.39 is 36.5 Å². The molecule has 2 N–H and O–H groups in total. The highest BCUT2D eigenvalue weighted by Crippen LogP contribution is 2.40. The molecule has 15 heteroatoms. The minimum atomic E-state index is -4.67. The minimum absolute atomic E-state index is 0.105. The number of aromatic nitrogens is 3. The number of hydrogen-bond donors (Lipinski definition) is 2. The Bertz CT molecular complexity index is 1640. The first kappa shape index (κ1) is 36.3. The zero-order chi connectivity index (χ0) is 35.4. The Labute approximate surface area is 292 Å². The summed E-state index contributed by atoms with van der Waals surface area (Å²) in [6.45, 7) is 2.41. The van der Waals surface area contributed by atoms with E-state index >= 15 is 0 Å². The third-order valence-corrected chi connectivity index (χ3v) is 10.9. The Morgan fingerprint density at radius 3 is 2.40 bits per heavy atom. The number of thioether (sulfide) groups is 1. The summed E-state index contributed by atoms with van der Waals surface area (Å²) >= 11 is 0.781. The van der Waals surface area contributed by atoms with Crippen LogP contribution in [0.2, 0.25) is 0 Å². The number of halogens is 4. The van der Waals surface area contributed by atoms with E-state index in [1.807, 2.05) is 18.2 Å². The summed E-state index contributed by atoms with van der Waals surface area (Å²) in [4.78, 5) is 34.8. The highest BCUT2D eigenvalue weighted by Gasteiger charge is 2.35. The van der Waals surface area contributed by atoms with Crippen molar-refractivity contribution in [3.63, 3.8) is 0 Å². The van der Waals surface area contributed by atoms with Crippen molar-refractivity contribution in [3.05, 3.63) is 65.1 Å². The second-order valence-electron chi connectivity index (χ2n) is 13.2. The van der Waals surface area contributed by atoms with Gasteiger partial charge in [-0.25, -0.2) is 4.39 Å². The molecule has 0 saturated carbocycles. The number of carbonyl (C=O) groups is 2. The molecule has 3 aliphatic rings. The van der Waals surface area contributed by atoms with Crippen LogP contribution in [0.5, 0.6) is 0 Å². The van der Waals surface area contributed by atoms with E-state index in [1.165, 1.54) is 21.9 Å². The molecule has 50 heavy (non-hydrogen) atoms. The molecule has 2 saturated heterocycles. The van der Waals surface area contributed by atoms with Gasteiger partial charge >= 0.3 is 6.18 Å². The van der Waals surface area contributed by atoms with E-state index in [9.17, 15) is 37.4 Å². The molecule has 1 atom stereocenters. The standard InChI is InChI=1S/C35H42F4N6O4S/c36-25-8-14-43(15-9-25)33(49)22-50-31-17-24(4-5-28(31)35(37,38)39)34-27-20-44(32(48)21-46)16-10-30(27)45(41-34)19-26(47)18-42-12-6-23(7-13-42)29-3-1-2-11-40-29/h1-5,11,17,23,25-26,46-47H,6-10,12-16,18-22H2. The first-order valence-electron chi connectivity index (χ1n) is 17.0. The molecular formula is C35H42F4N6O4S. The largest absolute Gasteiger partial charge is 0.417 e. The maximum Gasteiger partial charge on any atom is 0.417 e. The summed E-state index contributed by atoms with van der Waals surface area (Å²) in [5.41, 5.74) is 2.37. The molecule has 10 nitrogen and oxygen atoms in total. The molecule has 0 spiro atoms. The molecule has 3 aliphatic heterocycles. The molecule has 1 aromatic carbocycles. The third-order valence-electron chi connectivity index (χ3n) is 9.86. The summed E-state index contributed by atoms with van der Waals surface area (Å²) < 4.78 is 57.7. The van der Waals surface area contributed by atoms with Crippen LogP contribution >= 0.6 is 11.8 Å². The number of benzene rings is 1. The predicted molar refractivity (Wildman–Crippen MR) is 179 cm³/mol. The maximum absolute atomic E-state index is 14.1. The molecule has 6 rings (SSSR count). The topological polar surface area (TPSA) is 115 Å². The van der Waals surface area contributed by atoms with E-state index in [0.717, 1.165) is 55.1 Å². The fraction of sp³-hybridized carbons (Fsp3) is 0.543. The number of aliphatic hydroxyl groups excluding tert-OH is 2. The van der Waals surface area contributed by atoms with Gasteiger partial charge in [-0.05, 0) is 63.0 Å². The average Bonchev–Trinajstić information content (AvgIpc) is 3.47. The van der Waals surface area contributed by atoms with Crippen LogP contribution in [0.4, 0.5) is 17.6 Å². The lowest BCUT2D eigenvalue weighted by molar-refractivity contribution is -0.140. The van der Waals surface area contributed by atoms with Gasteiger partial charge < -0.3 is 24.9 Å². The van der Waals surface area contributed by atoms with Crippen molar-refractivity contribution < 1.29 is 37.4 Å². The van der Waals surface area contributed by atoms with Crippen LogP contribution in [-0.2, 0) is 35.3 Å². The number of amides is 2. The van der Waals surface area contributed by atoms with Crippen molar-refractivity contribution in [3.8, 4) is 11.3 Å². The number of nitrogens with zero attached hydrogens (tertiary/aromatic N) is 6. The maximum atomic E-state index is 14.1. The van der Waals surface area contributed by atoms with Crippen molar-refractivity contribution in [1.82, 2.24) is 29.5 Å². The summed E-state index contributed by atoms with van der Waals surface area (Å²) in [5, 5.41) is 25.5. The van der Waals surface area contributed by atoms with Gasteiger partial charge in [0.05, 0.1) is 29.7 Å². The fourth-order valence-corrected chi connectivity index (χ4v) is 8.13. The number of β-amino-alcohol motifs (C(OH)–C–C–N with tert-alkyl or cyclic N) is 1. The Morgan fingerprint density at radius 1 is 0.960 bits per heavy atom. The van der Waals surface area contributed by atoms with E-state index in [4.69, 9.17) is 5.10 Å². The average molecular weight is 719 g/mol. The first-order valence-corrected chi connectivity index (χ1v) is 18.0. The van der Waals surface area contributed by atoms with Gasteiger partial charge in [0.25, 0.3) is 0 Å². The third kappa shape index (κ3) is 8.49. The molecule has 0 bridgehead atoms. The van der Waals surface area contributed by atoms with Crippen molar-refractivity contribution in [2.45, 2.75) is 74.5 Å². The number of rotatable bonds is 10. The van der Waals surface area contributed by atoms with E-state index in [-0.39, 0.29) is 55.6 Å². The number of likely N-dealkylation sites (tertiary alicyclic amines) is 2. The molecule has 2 amide bonds. The smallest absolute Gasteiger partial charge is 0.390 e. The number of hydrogen-bond acceptors (Lipinski definition) is 8. The lowest BCUT2D eigenvalue weighted by Crippen LogP contribution is -2.40. The van der Waals surface area contributed by atoms with Crippen molar-refractivity contribution in [1.29, 1.82) is 0 Å². The molecule has 270 valence electrons. The minimum Gasteiger partial charge on any atom is -0.390 e. The molecule has 3 aromatic rings.